The highest BCUT2D eigenvalue weighted by Gasteiger charge is 2.36. The summed E-state index contributed by atoms with van der Waals surface area (Å²) < 4.78 is 0. The Morgan fingerprint density at radius 2 is 1.88 bits per heavy atom. The smallest absolute Gasteiger partial charge is 0.310 e. The average molecular weight is 241 g/mol. The summed E-state index contributed by atoms with van der Waals surface area (Å²) in [5, 5.41) is 11.9. The summed E-state index contributed by atoms with van der Waals surface area (Å²) in [5.74, 6) is -1.06. The highest BCUT2D eigenvalue weighted by molar-refractivity contribution is 5.84. The van der Waals surface area contributed by atoms with Crippen LogP contribution in [0.4, 0.5) is 0 Å². The van der Waals surface area contributed by atoms with Gasteiger partial charge >= 0.3 is 5.97 Å². The van der Waals surface area contributed by atoms with E-state index in [1.54, 1.807) is 0 Å². The molecule has 0 aliphatic carbocycles. The maximum absolute atomic E-state index is 11.6. The molecule has 0 unspecified atom stereocenters. The Balaban J connectivity index is 4.27. The number of hydrogen-bond donors (Lipinski definition) is 2. The van der Waals surface area contributed by atoms with Crippen molar-refractivity contribution in [3.8, 4) is 0 Å². The fourth-order valence-corrected chi connectivity index (χ4v) is 1.71. The van der Waals surface area contributed by atoms with Crippen LogP contribution in [0.3, 0.4) is 0 Å². The van der Waals surface area contributed by atoms with E-state index >= 15 is 0 Å². The molecule has 4 nitrogen and oxygen atoms in total. The molecule has 98 valence electrons. The number of rotatable bonds is 8. The molecule has 1 amide bonds. The van der Waals surface area contributed by atoms with E-state index in [1.165, 1.54) is 0 Å². The van der Waals surface area contributed by atoms with Crippen LogP contribution in [-0.4, -0.2) is 23.5 Å². The molecule has 0 fully saturated rings. The van der Waals surface area contributed by atoms with Crippen LogP contribution in [0.2, 0.25) is 0 Å². The van der Waals surface area contributed by atoms with Crippen molar-refractivity contribution in [2.45, 2.75) is 46.5 Å². The molecule has 0 saturated heterocycles. The molecule has 0 saturated carbocycles. The summed E-state index contributed by atoms with van der Waals surface area (Å²) >= 11 is 0. The fourth-order valence-electron chi connectivity index (χ4n) is 1.71. The van der Waals surface area contributed by atoms with Crippen molar-refractivity contribution in [3.05, 3.63) is 12.2 Å². The van der Waals surface area contributed by atoms with Gasteiger partial charge in [0, 0.05) is 13.0 Å². The molecular formula is C13H23NO3. The van der Waals surface area contributed by atoms with Crippen molar-refractivity contribution in [1.29, 1.82) is 0 Å². The topological polar surface area (TPSA) is 66.4 Å². The van der Waals surface area contributed by atoms with Crippen molar-refractivity contribution >= 4 is 11.9 Å². The van der Waals surface area contributed by atoms with Crippen molar-refractivity contribution in [2.75, 3.05) is 6.54 Å². The Hall–Kier alpha value is -1.32. The van der Waals surface area contributed by atoms with Gasteiger partial charge in [0.05, 0.1) is 5.41 Å². The Morgan fingerprint density at radius 3 is 2.29 bits per heavy atom. The van der Waals surface area contributed by atoms with Gasteiger partial charge in [-0.2, -0.15) is 0 Å². The minimum absolute atomic E-state index is 0.0607. The van der Waals surface area contributed by atoms with Gasteiger partial charge in [0.25, 0.3) is 0 Å². The first-order valence-electron chi connectivity index (χ1n) is 6.13. The van der Waals surface area contributed by atoms with Crippen molar-refractivity contribution < 1.29 is 14.7 Å². The Kier molecular flexibility index (Phi) is 7.26. The van der Waals surface area contributed by atoms with E-state index < -0.39 is 11.4 Å². The number of nitrogens with one attached hydrogen (secondary N) is 1. The first-order valence-corrected chi connectivity index (χ1v) is 6.13. The van der Waals surface area contributed by atoms with Crippen LogP contribution < -0.4 is 5.32 Å². The van der Waals surface area contributed by atoms with Crippen LogP contribution in [0, 0.1) is 5.41 Å². The lowest BCUT2D eigenvalue weighted by atomic mass is 9.79. The zero-order valence-corrected chi connectivity index (χ0v) is 11.0. The predicted molar refractivity (Wildman–Crippen MR) is 67.7 cm³/mol. The second-order valence-corrected chi connectivity index (χ2v) is 4.18. The maximum atomic E-state index is 11.6. The summed E-state index contributed by atoms with van der Waals surface area (Å²) in [7, 11) is 0. The number of carbonyl (C=O) groups is 2. The second-order valence-electron chi connectivity index (χ2n) is 4.18. The third kappa shape index (κ3) is 5.02. The molecule has 0 spiro atoms. The highest BCUT2D eigenvalue weighted by atomic mass is 16.4. The molecule has 0 aliphatic rings. The normalized spacial score (nSPS) is 11.7. The van der Waals surface area contributed by atoms with E-state index in [2.05, 4.69) is 5.32 Å². The Bertz CT molecular complexity index is 280. The van der Waals surface area contributed by atoms with E-state index in [-0.39, 0.29) is 12.3 Å². The molecule has 0 bridgehead atoms. The van der Waals surface area contributed by atoms with Crippen LogP contribution in [0.25, 0.3) is 0 Å². The molecule has 0 rings (SSSR count). The first kappa shape index (κ1) is 15.7. The molecule has 0 radical (unpaired) electrons. The Labute approximate surface area is 103 Å². The molecule has 0 atom stereocenters. The standard InChI is InChI=1S/C13H23NO3/c1-4-7-8-9-14-11(15)10-13(5-2,6-3)12(16)17/h4,7H,5-6,8-10H2,1-3H3,(H,14,15)(H,16,17)/b7-4+. The minimum atomic E-state index is -0.912. The van der Waals surface area contributed by atoms with Crippen molar-refractivity contribution in [3.63, 3.8) is 0 Å². The van der Waals surface area contributed by atoms with Gasteiger partial charge in [-0.05, 0) is 26.2 Å². The second kappa shape index (κ2) is 7.87. The summed E-state index contributed by atoms with van der Waals surface area (Å²) in [4.78, 5) is 22.8. The maximum Gasteiger partial charge on any atom is 0.310 e. The van der Waals surface area contributed by atoms with E-state index in [0.29, 0.717) is 19.4 Å². The number of hydrogen-bond acceptors (Lipinski definition) is 2. The van der Waals surface area contributed by atoms with Gasteiger partial charge in [-0.25, -0.2) is 0 Å². The number of carboxylic acids is 1. The molecule has 2 N–H and O–H groups in total. The van der Waals surface area contributed by atoms with Gasteiger partial charge in [0.1, 0.15) is 0 Å². The predicted octanol–water partition coefficient (Wildman–Crippen LogP) is 2.35. The molecule has 0 heterocycles. The number of aliphatic carboxylic acids is 1. The number of carboxylic acid groups (broad SMARTS) is 1. The largest absolute Gasteiger partial charge is 0.481 e. The van der Waals surface area contributed by atoms with Crippen LogP contribution in [0.5, 0.6) is 0 Å². The van der Waals surface area contributed by atoms with Gasteiger partial charge in [-0.1, -0.05) is 26.0 Å². The third-order valence-electron chi connectivity index (χ3n) is 3.18. The number of carbonyl (C=O) groups excluding carboxylic acids is 1. The SMILES string of the molecule is C/C=C/CCNC(=O)CC(CC)(CC)C(=O)O. The van der Waals surface area contributed by atoms with Crippen LogP contribution >= 0.6 is 0 Å². The van der Waals surface area contributed by atoms with Gasteiger partial charge in [-0.3, -0.25) is 9.59 Å². The average Bonchev–Trinajstić information content (AvgIpc) is 2.31. The van der Waals surface area contributed by atoms with Gasteiger partial charge in [0.2, 0.25) is 5.91 Å². The molecule has 0 aromatic carbocycles. The lowest BCUT2D eigenvalue weighted by Crippen LogP contribution is -2.37. The van der Waals surface area contributed by atoms with Crippen LogP contribution in [-0.2, 0) is 9.59 Å². The number of allylic oxidation sites excluding steroid dienone is 1. The Morgan fingerprint density at radius 1 is 1.29 bits per heavy atom. The summed E-state index contributed by atoms with van der Waals surface area (Å²) in [6.07, 6.45) is 5.67. The van der Waals surface area contributed by atoms with Crippen LogP contribution in [0.15, 0.2) is 12.2 Å². The summed E-state index contributed by atoms with van der Waals surface area (Å²) in [5.41, 5.74) is -0.912. The van der Waals surface area contributed by atoms with Crippen molar-refractivity contribution in [1.82, 2.24) is 5.32 Å². The molecule has 0 aromatic rings. The minimum Gasteiger partial charge on any atom is -0.481 e. The molecular weight excluding hydrogens is 218 g/mol. The van der Waals surface area contributed by atoms with E-state index in [1.807, 2.05) is 32.9 Å². The van der Waals surface area contributed by atoms with Gasteiger partial charge in [-0.15, -0.1) is 0 Å². The quantitative estimate of drug-likeness (QED) is 0.506. The van der Waals surface area contributed by atoms with Gasteiger partial charge < -0.3 is 10.4 Å². The highest BCUT2D eigenvalue weighted by Crippen LogP contribution is 2.30. The first-order chi connectivity index (χ1) is 8.02. The van der Waals surface area contributed by atoms with Gasteiger partial charge in [0.15, 0.2) is 0 Å². The van der Waals surface area contributed by atoms with E-state index in [9.17, 15) is 14.7 Å². The summed E-state index contributed by atoms with van der Waals surface area (Å²) in [6.45, 7) is 6.10. The zero-order valence-electron chi connectivity index (χ0n) is 11.0. The molecule has 4 heteroatoms. The summed E-state index contributed by atoms with van der Waals surface area (Å²) in [6, 6.07) is 0. The van der Waals surface area contributed by atoms with Crippen molar-refractivity contribution in [2.24, 2.45) is 5.41 Å². The molecule has 17 heavy (non-hydrogen) atoms. The van der Waals surface area contributed by atoms with E-state index in [4.69, 9.17) is 0 Å². The van der Waals surface area contributed by atoms with E-state index in [0.717, 1.165) is 6.42 Å². The lowest BCUT2D eigenvalue weighted by molar-refractivity contribution is -0.152. The zero-order chi connectivity index (χ0) is 13.3. The molecule has 0 aliphatic heterocycles. The lowest BCUT2D eigenvalue weighted by Gasteiger charge is -2.25. The van der Waals surface area contributed by atoms with Crippen LogP contribution in [0.1, 0.15) is 46.5 Å². The number of amides is 1. The molecule has 0 aromatic heterocycles. The monoisotopic (exact) mass is 241 g/mol. The third-order valence-corrected chi connectivity index (χ3v) is 3.18. The fraction of sp³-hybridized carbons (Fsp3) is 0.692.